The summed E-state index contributed by atoms with van der Waals surface area (Å²) in [6.45, 7) is 6.24. The van der Waals surface area contributed by atoms with Crippen molar-refractivity contribution < 1.29 is 19.2 Å². The van der Waals surface area contributed by atoms with E-state index in [2.05, 4.69) is 31.3 Å². The van der Waals surface area contributed by atoms with Gasteiger partial charge < -0.3 is 19.7 Å². The molecule has 1 aliphatic heterocycles. The second kappa shape index (κ2) is 8.84. The van der Waals surface area contributed by atoms with Gasteiger partial charge in [-0.25, -0.2) is 0 Å². The van der Waals surface area contributed by atoms with Crippen LogP contribution in [0.4, 0.5) is 0 Å². The standard InChI is InChI=1S/C22H27ClN2O3/c1-5-25-10-9-15-12-19(27-3)20(28-4)13-18(15)21(25)14(2)24-22(26)16-7-6-8-17(23)11-16/h6-8,11-14,21H,5,9-10H2,1-4H3,(H,24,26)/p+1/t14-,21+/m1/s1. The molecule has 0 radical (unpaired) electrons. The van der Waals surface area contributed by atoms with E-state index in [1.54, 1.807) is 38.5 Å². The van der Waals surface area contributed by atoms with Crippen LogP contribution in [0.15, 0.2) is 36.4 Å². The number of ether oxygens (including phenoxy) is 2. The zero-order valence-electron chi connectivity index (χ0n) is 16.8. The maximum absolute atomic E-state index is 12.8. The van der Waals surface area contributed by atoms with Crippen molar-refractivity contribution in [2.75, 3.05) is 27.3 Å². The lowest BCUT2D eigenvalue weighted by Crippen LogP contribution is -3.14. The number of likely N-dealkylation sites (N-methyl/N-ethyl adjacent to an activating group) is 1. The monoisotopic (exact) mass is 403 g/mol. The van der Waals surface area contributed by atoms with Crippen LogP contribution in [0, 0.1) is 0 Å². The van der Waals surface area contributed by atoms with E-state index in [1.165, 1.54) is 16.0 Å². The van der Waals surface area contributed by atoms with Crippen LogP contribution in [0.1, 0.15) is 41.4 Å². The highest BCUT2D eigenvalue weighted by molar-refractivity contribution is 6.30. The molecule has 28 heavy (non-hydrogen) atoms. The van der Waals surface area contributed by atoms with Crippen molar-refractivity contribution in [2.45, 2.75) is 32.4 Å². The van der Waals surface area contributed by atoms with E-state index in [0.717, 1.165) is 31.0 Å². The minimum absolute atomic E-state index is 0.0569. The van der Waals surface area contributed by atoms with Gasteiger partial charge in [0, 0.05) is 22.6 Å². The summed E-state index contributed by atoms with van der Waals surface area (Å²) in [5, 5.41) is 3.73. The number of fused-ring (bicyclic) bond motifs is 1. The topological polar surface area (TPSA) is 52.0 Å². The van der Waals surface area contributed by atoms with Crippen LogP contribution in [-0.4, -0.2) is 39.3 Å². The van der Waals surface area contributed by atoms with Crippen LogP contribution >= 0.6 is 11.6 Å². The minimum Gasteiger partial charge on any atom is -0.493 e. The molecule has 2 N–H and O–H groups in total. The SMILES string of the molecule is CC[NH+]1CCc2cc(OC)c(OC)cc2[C@@H]1[C@@H](C)NC(=O)c1cccc(Cl)c1. The zero-order chi connectivity index (χ0) is 20.3. The molecule has 1 aliphatic rings. The fraction of sp³-hybridized carbons (Fsp3) is 0.409. The second-order valence-corrected chi connectivity index (χ2v) is 7.60. The quantitative estimate of drug-likeness (QED) is 0.779. The number of nitrogens with one attached hydrogen (secondary N) is 2. The van der Waals surface area contributed by atoms with Gasteiger partial charge in [-0.2, -0.15) is 0 Å². The van der Waals surface area contributed by atoms with Gasteiger partial charge >= 0.3 is 0 Å². The Morgan fingerprint density at radius 2 is 1.96 bits per heavy atom. The number of rotatable bonds is 6. The number of amides is 1. The molecule has 0 fully saturated rings. The third-order valence-corrected chi connectivity index (χ3v) is 5.77. The van der Waals surface area contributed by atoms with E-state index in [4.69, 9.17) is 21.1 Å². The Balaban J connectivity index is 1.91. The highest BCUT2D eigenvalue weighted by atomic mass is 35.5. The molecule has 2 aromatic rings. The third-order valence-electron chi connectivity index (χ3n) is 5.54. The predicted molar refractivity (Wildman–Crippen MR) is 111 cm³/mol. The smallest absolute Gasteiger partial charge is 0.251 e. The van der Waals surface area contributed by atoms with E-state index in [9.17, 15) is 4.79 Å². The molecule has 0 aliphatic carbocycles. The zero-order valence-corrected chi connectivity index (χ0v) is 17.6. The summed E-state index contributed by atoms with van der Waals surface area (Å²) in [6.07, 6.45) is 0.977. The van der Waals surface area contributed by atoms with E-state index < -0.39 is 0 Å². The lowest BCUT2D eigenvalue weighted by molar-refractivity contribution is -0.933. The molecular weight excluding hydrogens is 376 g/mol. The number of benzene rings is 2. The van der Waals surface area contributed by atoms with Gasteiger partial charge in [-0.15, -0.1) is 0 Å². The molecule has 1 unspecified atom stereocenters. The molecular formula is C22H28ClN2O3+. The van der Waals surface area contributed by atoms with Gasteiger partial charge in [-0.3, -0.25) is 4.79 Å². The van der Waals surface area contributed by atoms with Crippen molar-refractivity contribution in [3.8, 4) is 11.5 Å². The van der Waals surface area contributed by atoms with Gasteiger partial charge in [0.05, 0.1) is 33.4 Å². The van der Waals surface area contributed by atoms with Crippen LogP contribution in [-0.2, 0) is 6.42 Å². The number of hydrogen-bond acceptors (Lipinski definition) is 3. The van der Waals surface area contributed by atoms with Crippen LogP contribution < -0.4 is 19.7 Å². The first-order valence-electron chi connectivity index (χ1n) is 9.64. The van der Waals surface area contributed by atoms with Crippen LogP contribution in [0.25, 0.3) is 0 Å². The molecule has 0 bridgehead atoms. The lowest BCUT2D eigenvalue weighted by atomic mass is 9.88. The maximum atomic E-state index is 12.8. The maximum Gasteiger partial charge on any atom is 0.251 e. The molecule has 3 rings (SSSR count). The average molecular weight is 404 g/mol. The molecule has 2 aromatic carbocycles. The predicted octanol–water partition coefficient (Wildman–Crippen LogP) is 2.68. The Morgan fingerprint density at radius 1 is 1.25 bits per heavy atom. The summed E-state index contributed by atoms with van der Waals surface area (Å²) in [4.78, 5) is 14.2. The summed E-state index contributed by atoms with van der Waals surface area (Å²) in [5.74, 6) is 1.35. The Hall–Kier alpha value is -2.24. The number of carbonyl (C=O) groups is 1. The van der Waals surface area contributed by atoms with Crippen molar-refractivity contribution in [3.05, 3.63) is 58.1 Å². The highest BCUT2D eigenvalue weighted by Gasteiger charge is 2.36. The number of hydrogen-bond donors (Lipinski definition) is 2. The second-order valence-electron chi connectivity index (χ2n) is 7.17. The summed E-state index contributed by atoms with van der Waals surface area (Å²) in [5.41, 5.74) is 3.03. The fourth-order valence-corrected chi connectivity index (χ4v) is 4.33. The van der Waals surface area contributed by atoms with Crippen molar-refractivity contribution in [1.82, 2.24) is 5.32 Å². The van der Waals surface area contributed by atoms with Gasteiger partial charge in [-0.1, -0.05) is 17.7 Å². The number of quaternary nitrogens is 1. The van der Waals surface area contributed by atoms with Gasteiger partial charge in [0.1, 0.15) is 6.04 Å². The van der Waals surface area contributed by atoms with Crippen molar-refractivity contribution in [2.24, 2.45) is 0 Å². The van der Waals surface area contributed by atoms with Crippen molar-refractivity contribution >= 4 is 17.5 Å². The van der Waals surface area contributed by atoms with E-state index in [0.29, 0.717) is 10.6 Å². The summed E-state index contributed by atoms with van der Waals surface area (Å²) in [7, 11) is 3.30. The highest BCUT2D eigenvalue weighted by Crippen LogP contribution is 2.35. The molecule has 0 saturated heterocycles. The molecule has 0 saturated carbocycles. The number of methoxy groups -OCH3 is 2. The molecule has 150 valence electrons. The summed E-state index contributed by atoms with van der Waals surface area (Å²) >= 11 is 6.04. The van der Waals surface area contributed by atoms with E-state index in [-0.39, 0.29) is 18.0 Å². The largest absolute Gasteiger partial charge is 0.493 e. The number of carbonyl (C=O) groups excluding carboxylic acids is 1. The molecule has 3 atom stereocenters. The Morgan fingerprint density at radius 3 is 2.61 bits per heavy atom. The molecule has 6 heteroatoms. The van der Waals surface area contributed by atoms with Gasteiger partial charge in [-0.05, 0) is 49.7 Å². The van der Waals surface area contributed by atoms with Gasteiger partial charge in [0.15, 0.2) is 11.5 Å². The van der Waals surface area contributed by atoms with E-state index >= 15 is 0 Å². The summed E-state index contributed by atoms with van der Waals surface area (Å²) < 4.78 is 11.0. The molecule has 1 heterocycles. The molecule has 5 nitrogen and oxygen atoms in total. The van der Waals surface area contributed by atoms with Crippen LogP contribution in [0.2, 0.25) is 5.02 Å². The van der Waals surface area contributed by atoms with Gasteiger partial charge in [0.2, 0.25) is 0 Å². The lowest BCUT2D eigenvalue weighted by Gasteiger charge is -2.37. The Kier molecular flexibility index (Phi) is 6.47. The van der Waals surface area contributed by atoms with Crippen LogP contribution in [0.5, 0.6) is 11.5 Å². The number of halogens is 1. The molecule has 0 spiro atoms. The Bertz CT molecular complexity index is 856. The first-order valence-corrected chi connectivity index (χ1v) is 10.0. The first-order chi connectivity index (χ1) is 13.5. The molecule has 0 aromatic heterocycles. The minimum atomic E-state index is -0.113. The van der Waals surface area contributed by atoms with Crippen LogP contribution in [0.3, 0.4) is 0 Å². The van der Waals surface area contributed by atoms with Crippen molar-refractivity contribution in [3.63, 3.8) is 0 Å². The molecule has 1 amide bonds. The van der Waals surface area contributed by atoms with Gasteiger partial charge in [0.25, 0.3) is 5.91 Å². The fourth-order valence-electron chi connectivity index (χ4n) is 4.14. The first kappa shape index (κ1) is 20.5. The van der Waals surface area contributed by atoms with E-state index in [1.807, 2.05) is 0 Å². The third kappa shape index (κ3) is 4.10. The normalized spacial score (nSPS) is 19.5. The summed E-state index contributed by atoms with van der Waals surface area (Å²) in [6, 6.07) is 11.2. The Labute approximate surface area is 171 Å². The van der Waals surface area contributed by atoms with Crippen molar-refractivity contribution in [1.29, 1.82) is 0 Å². The average Bonchev–Trinajstić information content (AvgIpc) is 2.71.